The lowest BCUT2D eigenvalue weighted by atomic mass is 10.2. The molecule has 0 spiro atoms. The standard InChI is InChI=1S/C9H7N3O/c1-6-8(4-13)2-7-3-10-5-11-9(7)12-6/h2-5H,1H3. The lowest BCUT2D eigenvalue weighted by Gasteiger charge is -1.99. The molecule has 2 aromatic heterocycles. The van der Waals surface area contributed by atoms with E-state index in [4.69, 9.17) is 0 Å². The fourth-order valence-corrected chi connectivity index (χ4v) is 1.14. The van der Waals surface area contributed by atoms with Gasteiger partial charge in [-0.25, -0.2) is 15.0 Å². The van der Waals surface area contributed by atoms with Gasteiger partial charge in [0.15, 0.2) is 11.9 Å². The maximum atomic E-state index is 10.6. The van der Waals surface area contributed by atoms with Crippen molar-refractivity contribution in [1.82, 2.24) is 15.0 Å². The quantitative estimate of drug-likeness (QED) is 0.607. The topological polar surface area (TPSA) is 55.7 Å². The summed E-state index contributed by atoms with van der Waals surface area (Å²) in [5.74, 6) is 0. The average Bonchev–Trinajstić information content (AvgIpc) is 2.17. The summed E-state index contributed by atoms with van der Waals surface area (Å²) in [5, 5.41) is 0.787. The third-order valence-corrected chi connectivity index (χ3v) is 1.85. The van der Waals surface area contributed by atoms with Crippen molar-refractivity contribution in [2.24, 2.45) is 0 Å². The minimum absolute atomic E-state index is 0.585. The molecule has 0 N–H and O–H groups in total. The highest BCUT2D eigenvalue weighted by atomic mass is 16.1. The highest BCUT2D eigenvalue weighted by Gasteiger charge is 2.01. The van der Waals surface area contributed by atoms with Crippen LogP contribution in [0.1, 0.15) is 16.1 Å². The van der Waals surface area contributed by atoms with Crippen LogP contribution < -0.4 is 0 Å². The van der Waals surface area contributed by atoms with E-state index in [1.54, 1.807) is 19.2 Å². The van der Waals surface area contributed by atoms with Crippen molar-refractivity contribution in [2.75, 3.05) is 0 Å². The first-order valence-electron chi connectivity index (χ1n) is 3.84. The minimum atomic E-state index is 0.585. The summed E-state index contributed by atoms with van der Waals surface area (Å²) in [5.41, 5.74) is 1.90. The van der Waals surface area contributed by atoms with Gasteiger partial charge in [0.25, 0.3) is 0 Å². The molecule has 0 radical (unpaired) electrons. The Balaban J connectivity index is 2.81. The Labute approximate surface area is 74.7 Å². The van der Waals surface area contributed by atoms with Gasteiger partial charge in [-0.05, 0) is 13.0 Å². The van der Waals surface area contributed by atoms with Crippen molar-refractivity contribution in [1.29, 1.82) is 0 Å². The van der Waals surface area contributed by atoms with Crippen molar-refractivity contribution in [3.05, 3.63) is 29.8 Å². The molecule has 13 heavy (non-hydrogen) atoms. The number of hydrogen-bond donors (Lipinski definition) is 0. The first kappa shape index (κ1) is 7.79. The number of fused-ring (bicyclic) bond motifs is 1. The Morgan fingerprint density at radius 2 is 2.31 bits per heavy atom. The van der Waals surface area contributed by atoms with Gasteiger partial charge in [-0.15, -0.1) is 0 Å². The molecule has 0 bridgehead atoms. The maximum Gasteiger partial charge on any atom is 0.162 e. The zero-order chi connectivity index (χ0) is 9.26. The molecule has 0 aromatic carbocycles. The van der Waals surface area contributed by atoms with Crippen LogP contribution in [-0.4, -0.2) is 21.2 Å². The predicted octanol–water partition coefficient (Wildman–Crippen LogP) is 1.15. The second-order valence-electron chi connectivity index (χ2n) is 2.72. The molecule has 4 nitrogen and oxygen atoms in total. The summed E-state index contributed by atoms with van der Waals surface area (Å²) in [7, 11) is 0. The molecule has 0 atom stereocenters. The van der Waals surface area contributed by atoms with Crippen molar-refractivity contribution < 1.29 is 4.79 Å². The Morgan fingerprint density at radius 1 is 1.46 bits per heavy atom. The molecule has 0 unspecified atom stereocenters. The summed E-state index contributed by atoms with van der Waals surface area (Å²) >= 11 is 0. The van der Waals surface area contributed by atoms with Gasteiger partial charge in [-0.2, -0.15) is 0 Å². The molecular weight excluding hydrogens is 166 g/mol. The molecule has 0 saturated carbocycles. The normalized spacial score (nSPS) is 10.2. The smallest absolute Gasteiger partial charge is 0.162 e. The van der Waals surface area contributed by atoms with Gasteiger partial charge in [0.1, 0.15) is 6.33 Å². The highest BCUT2D eigenvalue weighted by molar-refractivity contribution is 5.84. The fraction of sp³-hybridized carbons (Fsp3) is 0.111. The molecule has 2 aromatic rings. The van der Waals surface area contributed by atoms with Crippen LogP contribution in [0.4, 0.5) is 0 Å². The van der Waals surface area contributed by atoms with Crippen LogP contribution in [0, 0.1) is 6.92 Å². The first-order chi connectivity index (χ1) is 6.31. The van der Waals surface area contributed by atoms with E-state index in [0.29, 0.717) is 16.9 Å². The SMILES string of the molecule is Cc1nc2ncncc2cc1C=O. The summed E-state index contributed by atoms with van der Waals surface area (Å²) < 4.78 is 0. The van der Waals surface area contributed by atoms with Crippen molar-refractivity contribution in [3.8, 4) is 0 Å². The van der Waals surface area contributed by atoms with Crippen LogP contribution in [0.2, 0.25) is 0 Å². The predicted molar refractivity (Wildman–Crippen MR) is 47.5 cm³/mol. The number of pyridine rings is 1. The van der Waals surface area contributed by atoms with E-state index in [-0.39, 0.29) is 0 Å². The molecule has 0 aliphatic heterocycles. The number of aryl methyl sites for hydroxylation is 1. The van der Waals surface area contributed by atoms with Gasteiger partial charge >= 0.3 is 0 Å². The van der Waals surface area contributed by atoms with E-state index in [9.17, 15) is 4.79 Å². The number of rotatable bonds is 1. The van der Waals surface area contributed by atoms with Crippen LogP contribution in [0.5, 0.6) is 0 Å². The lowest BCUT2D eigenvalue weighted by Crippen LogP contribution is -1.93. The van der Waals surface area contributed by atoms with Crippen molar-refractivity contribution in [3.63, 3.8) is 0 Å². The molecule has 2 heterocycles. The molecule has 2 rings (SSSR count). The van der Waals surface area contributed by atoms with E-state index < -0.39 is 0 Å². The second kappa shape index (κ2) is 2.90. The molecule has 0 aliphatic carbocycles. The highest BCUT2D eigenvalue weighted by Crippen LogP contribution is 2.11. The second-order valence-corrected chi connectivity index (χ2v) is 2.72. The third kappa shape index (κ3) is 1.26. The first-order valence-corrected chi connectivity index (χ1v) is 3.84. The van der Waals surface area contributed by atoms with Gasteiger partial charge in [0.2, 0.25) is 0 Å². The summed E-state index contributed by atoms with van der Waals surface area (Å²) in [6.07, 6.45) is 3.87. The Kier molecular flexibility index (Phi) is 1.73. The van der Waals surface area contributed by atoms with Crippen LogP contribution in [0.3, 0.4) is 0 Å². The van der Waals surface area contributed by atoms with Gasteiger partial charge in [0, 0.05) is 17.1 Å². The summed E-state index contributed by atoms with van der Waals surface area (Å²) in [6.45, 7) is 1.78. The lowest BCUT2D eigenvalue weighted by molar-refractivity contribution is 0.112. The average molecular weight is 173 g/mol. The monoisotopic (exact) mass is 173 g/mol. The summed E-state index contributed by atoms with van der Waals surface area (Å²) in [4.78, 5) is 22.6. The van der Waals surface area contributed by atoms with E-state index >= 15 is 0 Å². The molecule has 4 heteroatoms. The summed E-state index contributed by atoms with van der Waals surface area (Å²) in [6, 6.07) is 1.74. The molecule has 0 saturated heterocycles. The van der Waals surface area contributed by atoms with Crippen LogP contribution in [-0.2, 0) is 0 Å². The van der Waals surface area contributed by atoms with Crippen LogP contribution in [0.15, 0.2) is 18.6 Å². The number of hydrogen-bond acceptors (Lipinski definition) is 4. The van der Waals surface area contributed by atoms with E-state index in [1.165, 1.54) is 6.33 Å². The van der Waals surface area contributed by atoms with Gasteiger partial charge in [-0.3, -0.25) is 4.79 Å². The van der Waals surface area contributed by atoms with Crippen molar-refractivity contribution in [2.45, 2.75) is 6.92 Å². The van der Waals surface area contributed by atoms with Crippen LogP contribution in [0.25, 0.3) is 11.0 Å². The van der Waals surface area contributed by atoms with Gasteiger partial charge in [-0.1, -0.05) is 0 Å². The maximum absolute atomic E-state index is 10.6. The fourth-order valence-electron chi connectivity index (χ4n) is 1.14. The minimum Gasteiger partial charge on any atom is -0.298 e. The van der Waals surface area contributed by atoms with E-state index in [0.717, 1.165) is 11.7 Å². The largest absolute Gasteiger partial charge is 0.298 e. The molecule has 64 valence electrons. The van der Waals surface area contributed by atoms with E-state index in [1.807, 2.05) is 0 Å². The van der Waals surface area contributed by atoms with Gasteiger partial charge < -0.3 is 0 Å². The molecule has 0 fully saturated rings. The number of nitrogens with zero attached hydrogens (tertiary/aromatic N) is 3. The third-order valence-electron chi connectivity index (χ3n) is 1.85. The van der Waals surface area contributed by atoms with Crippen molar-refractivity contribution >= 4 is 17.3 Å². The Hall–Kier alpha value is -1.84. The number of carbonyl (C=O) groups is 1. The molecular formula is C9H7N3O. The molecule has 0 aliphatic rings. The van der Waals surface area contributed by atoms with Crippen LogP contribution >= 0.6 is 0 Å². The molecule has 0 amide bonds. The number of aromatic nitrogens is 3. The zero-order valence-electron chi connectivity index (χ0n) is 7.06. The number of aldehydes is 1. The Bertz CT molecular complexity index is 467. The van der Waals surface area contributed by atoms with Gasteiger partial charge in [0.05, 0.1) is 5.69 Å². The zero-order valence-corrected chi connectivity index (χ0v) is 7.06. The van der Waals surface area contributed by atoms with E-state index in [2.05, 4.69) is 15.0 Å². The Morgan fingerprint density at radius 3 is 3.08 bits per heavy atom. The number of carbonyl (C=O) groups excluding carboxylic acids is 1.